The number of hydrogen-bond donors (Lipinski definition) is 1. The third-order valence-corrected chi connectivity index (χ3v) is 3.63. The van der Waals surface area contributed by atoms with E-state index < -0.39 is 24.7 Å². The molecule has 1 fully saturated rings. The van der Waals surface area contributed by atoms with E-state index in [1.54, 1.807) is 6.07 Å². The van der Waals surface area contributed by atoms with Crippen molar-refractivity contribution >= 4 is 22.0 Å². The Bertz CT molecular complexity index is 604. The summed E-state index contributed by atoms with van der Waals surface area (Å²) in [5, 5.41) is 17.8. The van der Waals surface area contributed by atoms with Crippen LogP contribution in [0.4, 0.5) is 13.6 Å². The van der Waals surface area contributed by atoms with Crippen LogP contribution < -0.4 is 4.74 Å². The monoisotopic (exact) mass is 360 g/mol. The van der Waals surface area contributed by atoms with Crippen LogP contribution in [0.2, 0.25) is 0 Å². The second-order valence-electron chi connectivity index (χ2n) is 4.61. The maximum Gasteiger partial charge on any atom is 0.407 e. The zero-order chi connectivity index (χ0) is 15.6. The molecule has 21 heavy (non-hydrogen) atoms. The Morgan fingerprint density at radius 3 is 2.86 bits per heavy atom. The molecule has 1 aromatic carbocycles. The first kappa shape index (κ1) is 15.5. The molecular weight excluding hydrogens is 350 g/mol. The van der Waals surface area contributed by atoms with Crippen molar-refractivity contribution in [1.29, 1.82) is 5.26 Å². The third kappa shape index (κ3) is 3.42. The van der Waals surface area contributed by atoms with Gasteiger partial charge in [-0.1, -0.05) is 15.9 Å². The van der Waals surface area contributed by atoms with Crippen molar-refractivity contribution in [2.75, 3.05) is 13.1 Å². The van der Waals surface area contributed by atoms with Crippen LogP contribution in [0.5, 0.6) is 5.75 Å². The van der Waals surface area contributed by atoms with Gasteiger partial charge in [-0.2, -0.15) is 5.26 Å². The van der Waals surface area contributed by atoms with Crippen molar-refractivity contribution in [1.82, 2.24) is 4.90 Å². The summed E-state index contributed by atoms with van der Waals surface area (Å²) in [5.41, 5.74) is 0.140. The third-order valence-electron chi connectivity index (χ3n) is 3.14. The summed E-state index contributed by atoms with van der Waals surface area (Å²) in [5.74, 6) is -3.25. The van der Waals surface area contributed by atoms with E-state index in [9.17, 15) is 13.6 Å². The lowest BCUT2D eigenvalue weighted by Crippen LogP contribution is -2.55. The molecule has 0 spiro atoms. The molecule has 0 unspecified atom stereocenters. The fourth-order valence-corrected chi connectivity index (χ4v) is 2.43. The molecule has 1 saturated heterocycles. The van der Waals surface area contributed by atoms with Crippen LogP contribution in [0.15, 0.2) is 22.7 Å². The van der Waals surface area contributed by atoms with E-state index in [0.717, 1.165) is 0 Å². The molecule has 0 aromatic heterocycles. The van der Waals surface area contributed by atoms with Crippen LogP contribution in [-0.4, -0.2) is 41.2 Å². The molecule has 1 aromatic rings. The van der Waals surface area contributed by atoms with Crippen molar-refractivity contribution in [3.8, 4) is 11.8 Å². The maximum absolute atomic E-state index is 14.0. The highest BCUT2D eigenvalue weighted by Crippen LogP contribution is 2.33. The highest BCUT2D eigenvalue weighted by Gasteiger charge is 2.47. The Balaban J connectivity index is 2.17. The first-order chi connectivity index (χ1) is 9.83. The molecule has 2 rings (SSSR count). The molecule has 0 saturated carbocycles. The standard InChI is InChI=1S/C13H11BrF2N2O3/c14-9-1-2-10(8(5-9)6-17)21-11-3-4-18(12(19)20)7-13(11,15)16/h1-2,5,11H,3-4,7H2,(H,19,20)/t11-/m0/s1. The number of amides is 1. The van der Waals surface area contributed by atoms with Crippen molar-refractivity contribution in [2.45, 2.75) is 18.4 Å². The van der Waals surface area contributed by atoms with Gasteiger partial charge in [0.2, 0.25) is 0 Å². The van der Waals surface area contributed by atoms with Gasteiger partial charge in [0.25, 0.3) is 0 Å². The van der Waals surface area contributed by atoms with E-state index >= 15 is 0 Å². The summed E-state index contributed by atoms with van der Waals surface area (Å²) in [6.07, 6.45) is -2.98. The van der Waals surface area contributed by atoms with E-state index in [1.165, 1.54) is 12.1 Å². The van der Waals surface area contributed by atoms with Crippen molar-refractivity contribution in [3.63, 3.8) is 0 Å². The normalized spacial score (nSPS) is 20.7. The lowest BCUT2D eigenvalue weighted by molar-refractivity contribution is -0.133. The molecule has 1 aliphatic rings. The minimum atomic E-state index is -3.31. The smallest absolute Gasteiger partial charge is 0.407 e. The summed E-state index contributed by atoms with van der Waals surface area (Å²) >= 11 is 3.18. The van der Waals surface area contributed by atoms with Gasteiger partial charge in [0, 0.05) is 17.4 Å². The average molecular weight is 361 g/mol. The number of benzene rings is 1. The fourth-order valence-electron chi connectivity index (χ4n) is 2.07. The van der Waals surface area contributed by atoms with Gasteiger partial charge in [0.05, 0.1) is 12.1 Å². The molecule has 1 heterocycles. The van der Waals surface area contributed by atoms with Gasteiger partial charge < -0.3 is 14.7 Å². The number of nitrogens with zero attached hydrogens (tertiary/aromatic N) is 2. The number of likely N-dealkylation sites (tertiary alicyclic amines) is 1. The number of rotatable bonds is 2. The molecular formula is C13H11BrF2N2O3. The fraction of sp³-hybridized carbons (Fsp3) is 0.385. The van der Waals surface area contributed by atoms with Crippen LogP contribution >= 0.6 is 15.9 Å². The molecule has 1 N–H and O–H groups in total. The number of carbonyl (C=O) groups is 1. The predicted octanol–water partition coefficient (Wildman–Crippen LogP) is 3.09. The topological polar surface area (TPSA) is 73.6 Å². The number of piperidine rings is 1. The second-order valence-corrected chi connectivity index (χ2v) is 5.53. The van der Waals surface area contributed by atoms with E-state index in [4.69, 9.17) is 15.1 Å². The van der Waals surface area contributed by atoms with E-state index in [1.807, 2.05) is 6.07 Å². The molecule has 0 aliphatic carbocycles. The van der Waals surface area contributed by atoms with Gasteiger partial charge in [0.1, 0.15) is 11.8 Å². The van der Waals surface area contributed by atoms with Gasteiger partial charge in [-0.25, -0.2) is 13.6 Å². The number of halogens is 3. The molecule has 8 heteroatoms. The van der Waals surface area contributed by atoms with Crippen molar-refractivity contribution in [3.05, 3.63) is 28.2 Å². The number of nitriles is 1. The number of hydrogen-bond acceptors (Lipinski definition) is 3. The lowest BCUT2D eigenvalue weighted by Gasteiger charge is -2.36. The Kier molecular flexibility index (Phi) is 4.32. The predicted molar refractivity (Wildman–Crippen MR) is 72.4 cm³/mol. The van der Waals surface area contributed by atoms with Crippen LogP contribution in [0.25, 0.3) is 0 Å². The first-order valence-electron chi connectivity index (χ1n) is 6.05. The van der Waals surface area contributed by atoms with Crippen molar-refractivity contribution in [2.24, 2.45) is 0 Å². The summed E-state index contributed by atoms with van der Waals surface area (Å²) < 4.78 is 33.8. The molecule has 0 radical (unpaired) electrons. The molecule has 1 atom stereocenters. The highest BCUT2D eigenvalue weighted by molar-refractivity contribution is 9.10. The summed E-state index contributed by atoms with van der Waals surface area (Å²) in [4.78, 5) is 11.4. The maximum atomic E-state index is 14.0. The van der Waals surface area contributed by atoms with E-state index in [2.05, 4.69) is 15.9 Å². The first-order valence-corrected chi connectivity index (χ1v) is 6.85. The summed E-state index contributed by atoms with van der Waals surface area (Å²) in [6.45, 7) is -0.945. The average Bonchev–Trinajstić information content (AvgIpc) is 2.42. The molecule has 0 bridgehead atoms. The van der Waals surface area contributed by atoms with Crippen LogP contribution in [0.1, 0.15) is 12.0 Å². The Labute approximate surface area is 127 Å². The molecule has 1 aliphatic heterocycles. The minimum absolute atomic E-state index is 0.0337. The quantitative estimate of drug-likeness (QED) is 0.879. The zero-order valence-corrected chi connectivity index (χ0v) is 12.3. The van der Waals surface area contributed by atoms with E-state index in [-0.39, 0.29) is 24.3 Å². The second kappa shape index (κ2) is 5.85. The molecule has 112 valence electrons. The van der Waals surface area contributed by atoms with Crippen LogP contribution in [0, 0.1) is 11.3 Å². The molecule has 5 nitrogen and oxygen atoms in total. The highest BCUT2D eigenvalue weighted by atomic mass is 79.9. The van der Waals surface area contributed by atoms with Crippen molar-refractivity contribution < 1.29 is 23.4 Å². The van der Waals surface area contributed by atoms with Gasteiger partial charge in [0.15, 0.2) is 6.10 Å². The van der Waals surface area contributed by atoms with Gasteiger partial charge in [-0.3, -0.25) is 0 Å². The van der Waals surface area contributed by atoms with Crippen LogP contribution in [-0.2, 0) is 0 Å². The Morgan fingerprint density at radius 1 is 1.57 bits per heavy atom. The largest absolute Gasteiger partial charge is 0.483 e. The molecule has 1 amide bonds. The SMILES string of the molecule is N#Cc1cc(Br)ccc1O[C@H]1CCN(C(=O)O)CC1(F)F. The summed E-state index contributed by atoms with van der Waals surface area (Å²) in [6, 6.07) is 6.36. The lowest BCUT2D eigenvalue weighted by atomic mass is 10.0. The van der Waals surface area contributed by atoms with Crippen LogP contribution in [0.3, 0.4) is 0 Å². The zero-order valence-electron chi connectivity index (χ0n) is 10.7. The van der Waals surface area contributed by atoms with Gasteiger partial charge in [-0.05, 0) is 18.2 Å². The van der Waals surface area contributed by atoms with E-state index in [0.29, 0.717) is 9.37 Å². The number of alkyl halides is 2. The Hall–Kier alpha value is -1.88. The van der Waals surface area contributed by atoms with Gasteiger partial charge in [-0.15, -0.1) is 0 Å². The number of ether oxygens (including phenoxy) is 1. The Morgan fingerprint density at radius 2 is 2.29 bits per heavy atom. The van der Waals surface area contributed by atoms with Gasteiger partial charge >= 0.3 is 12.0 Å². The summed E-state index contributed by atoms with van der Waals surface area (Å²) in [7, 11) is 0. The number of carboxylic acid groups (broad SMARTS) is 1. The minimum Gasteiger partial charge on any atom is -0.483 e.